The fourth-order valence-corrected chi connectivity index (χ4v) is 1.76. The van der Waals surface area contributed by atoms with Gasteiger partial charge in [-0.3, -0.25) is 9.36 Å². The Morgan fingerprint density at radius 1 is 1.36 bits per heavy atom. The van der Waals surface area contributed by atoms with Gasteiger partial charge in [0.1, 0.15) is 0 Å². The van der Waals surface area contributed by atoms with Gasteiger partial charge in [-0.1, -0.05) is 13.3 Å². The average molecular weight is 222 g/mol. The smallest absolute Gasteiger partial charge is 0.306 e. The molecule has 0 aromatic carbocycles. The predicted octanol–water partition coefficient (Wildman–Crippen LogP) is 2.23. The molecule has 1 atom stereocenters. The second kappa shape index (κ2) is 9.22. The van der Waals surface area contributed by atoms with Gasteiger partial charge in [0.05, 0.1) is 19.6 Å². The lowest BCUT2D eigenvalue weighted by atomic mass is 10.4. The fraction of sp³-hybridized carbons (Fsp3) is 0.889. The summed E-state index contributed by atoms with van der Waals surface area (Å²) in [5, 5.41) is 0. The van der Waals surface area contributed by atoms with Gasteiger partial charge in [-0.15, -0.1) is 0 Å². The monoisotopic (exact) mass is 222 g/mol. The second-order valence-electron chi connectivity index (χ2n) is 2.88. The highest BCUT2D eigenvalue weighted by atomic mass is 31.1. The van der Waals surface area contributed by atoms with E-state index in [9.17, 15) is 9.36 Å². The minimum absolute atomic E-state index is 0.192. The van der Waals surface area contributed by atoms with Crippen molar-refractivity contribution in [2.45, 2.75) is 33.1 Å². The zero-order valence-corrected chi connectivity index (χ0v) is 9.88. The van der Waals surface area contributed by atoms with Crippen LogP contribution in [0.15, 0.2) is 0 Å². The summed E-state index contributed by atoms with van der Waals surface area (Å²) < 4.78 is 20.9. The Hall–Kier alpha value is -0.340. The SMILES string of the molecule is CCCCO[PH](=O)CCC(=O)OCC. The molecular formula is C9H19O4P. The minimum atomic E-state index is -2.03. The average Bonchev–Trinajstić information content (AvgIpc) is 2.16. The minimum Gasteiger partial charge on any atom is -0.466 e. The third-order valence-corrected chi connectivity index (χ3v) is 2.78. The van der Waals surface area contributed by atoms with E-state index in [2.05, 4.69) is 0 Å². The molecule has 0 aliphatic heterocycles. The molecule has 0 aliphatic carbocycles. The third kappa shape index (κ3) is 8.27. The van der Waals surface area contributed by atoms with E-state index in [1.807, 2.05) is 6.92 Å². The van der Waals surface area contributed by atoms with Crippen LogP contribution in [0, 0.1) is 0 Å². The van der Waals surface area contributed by atoms with Crippen molar-refractivity contribution in [2.24, 2.45) is 0 Å². The summed E-state index contributed by atoms with van der Waals surface area (Å²) in [5.74, 6) is -0.301. The van der Waals surface area contributed by atoms with Gasteiger partial charge in [0.2, 0.25) is 0 Å². The topological polar surface area (TPSA) is 52.6 Å². The first-order valence-electron chi connectivity index (χ1n) is 5.02. The zero-order valence-electron chi connectivity index (χ0n) is 8.88. The van der Waals surface area contributed by atoms with Crippen molar-refractivity contribution in [2.75, 3.05) is 19.4 Å². The summed E-state index contributed by atoms with van der Waals surface area (Å²) >= 11 is 0. The first kappa shape index (κ1) is 13.7. The number of hydrogen-bond donors (Lipinski definition) is 0. The number of rotatable bonds is 8. The molecule has 0 fully saturated rings. The Morgan fingerprint density at radius 3 is 2.64 bits per heavy atom. The summed E-state index contributed by atoms with van der Waals surface area (Å²) in [4.78, 5) is 10.9. The van der Waals surface area contributed by atoms with E-state index in [0.717, 1.165) is 12.8 Å². The summed E-state index contributed by atoms with van der Waals surface area (Å²) in [7, 11) is -2.03. The van der Waals surface area contributed by atoms with Crippen molar-refractivity contribution in [1.29, 1.82) is 0 Å². The molecule has 0 radical (unpaired) electrons. The number of esters is 1. The van der Waals surface area contributed by atoms with Crippen LogP contribution in [0.2, 0.25) is 0 Å². The maximum absolute atomic E-state index is 11.2. The van der Waals surface area contributed by atoms with Crippen LogP contribution in [0.5, 0.6) is 0 Å². The van der Waals surface area contributed by atoms with Crippen molar-refractivity contribution in [3.05, 3.63) is 0 Å². The van der Waals surface area contributed by atoms with Gasteiger partial charge in [-0.25, -0.2) is 0 Å². The summed E-state index contributed by atoms with van der Waals surface area (Å²) in [5.41, 5.74) is 0. The molecular weight excluding hydrogens is 203 g/mol. The van der Waals surface area contributed by atoms with Crippen molar-refractivity contribution < 1.29 is 18.6 Å². The van der Waals surface area contributed by atoms with Crippen LogP contribution in [0.25, 0.3) is 0 Å². The van der Waals surface area contributed by atoms with Gasteiger partial charge in [0, 0.05) is 6.16 Å². The Kier molecular flexibility index (Phi) is 9.00. The lowest BCUT2D eigenvalue weighted by Gasteiger charge is -2.03. The van der Waals surface area contributed by atoms with Gasteiger partial charge < -0.3 is 9.26 Å². The van der Waals surface area contributed by atoms with Crippen LogP contribution >= 0.6 is 8.03 Å². The molecule has 4 nitrogen and oxygen atoms in total. The van der Waals surface area contributed by atoms with Crippen LogP contribution in [0.1, 0.15) is 33.1 Å². The summed E-state index contributed by atoms with van der Waals surface area (Å²) in [6, 6.07) is 0. The van der Waals surface area contributed by atoms with Crippen LogP contribution in [-0.4, -0.2) is 25.3 Å². The van der Waals surface area contributed by atoms with Crippen molar-refractivity contribution in [3.63, 3.8) is 0 Å². The molecule has 0 bridgehead atoms. The number of carbonyl (C=O) groups excluding carboxylic acids is 1. The molecule has 0 aliphatic rings. The highest BCUT2D eigenvalue weighted by Crippen LogP contribution is 2.23. The third-order valence-electron chi connectivity index (χ3n) is 1.60. The molecule has 0 saturated carbocycles. The summed E-state index contributed by atoms with van der Waals surface area (Å²) in [6.45, 7) is 4.69. The van der Waals surface area contributed by atoms with Crippen LogP contribution in [-0.2, 0) is 18.6 Å². The lowest BCUT2D eigenvalue weighted by Crippen LogP contribution is -2.05. The van der Waals surface area contributed by atoms with E-state index in [4.69, 9.17) is 9.26 Å². The molecule has 0 N–H and O–H groups in total. The molecule has 14 heavy (non-hydrogen) atoms. The molecule has 0 aromatic heterocycles. The van der Waals surface area contributed by atoms with Crippen molar-refractivity contribution in [3.8, 4) is 0 Å². The number of carbonyl (C=O) groups is 1. The Bertz CT molecular complexity index is 182. The van der Waals surface area contributed by atoms with Gasteiger partial charge in [0.25, 0.3) is 0 Å². The van der Waals surface area contributed by atoms with Gasteiger partial charge in [0.15, 0.2) is 8.03 Å². The van der Waals surface area contributed by atoms with E-state index in [1.54, 1.807) is 6.92 Å². The quantitative estimate of drug-likeness (QED) is 0.359. The molecule has 84 valence electrons. The Labute approximate surface area is 85.8 Å². The fourth-order valence-electron chi connectivity index (χ4n) is 0.840. The van der Waals surface area contributed by atoms with Gasteiger partial charge >= 0.3 is 5.97 Å². The lowest BCUT2D eigenvalue weighted by molar-refractivity contribution is -0.142. The van der Waals surface area contributed by atoms with Gasteiger partial charge in [-0.05, 0) is 13.3 Å². The molecule has 5 heteroatoms. The molecule has 0 amide bonds. The maximum Gasteiger partial charge on any atom is 0.306 e. The number of hydrogen-bond acceptors (Lipinski definition) is 4. The molecule has 1 unspecified atom stereocenters. The van der Waals surface area contributed by atoms with Gasteiger partial charge in [-0.2, -0.15) is 0 Å². The van der Waals surface area contributed by atoms with Crippen LogP contribution in [0.4, 0.5) is 0 Å². The summed E-state index contributed by atoms with van der Waals surface area (Å²) in [6.07, 6.45) is 2.42. The normalized spacial score (nSPS) is 12.4. The van der Waals surface area contributed by atoms with E-state index >= 15 is 0 Å². The number of unbranched alkanes of at least 4 members (excludes halogenated alkanes) is 1. The second-order valence-corrected chi connectivity index (χ2v) is 4.41. The maximum atomic E-state index is 11.2. The first-order chi connectivity index (χ1) is 6.70. The Balaban J connectivity index is 3.39. The highest BCUT2D eigenvalue weighted by molar-refractivity contribution is 7.39. The van der Waals surface area contributed by atoms with E-state index in [1.165, 1.54) is 0 Å². The molecule has 0 spiro atoms. The number of ether oxygens (including phenoxy) is 1. The zero-order chi connectivity index (χ0) is 10.8. The highest BCUT2D eigenvalue weighted by Gasteiger charge is 2.05. The van der Waals surface area contributed by atoms with Crippen LogP contribution in [0.3, 0.4) is 0 Å². The first-order valence-corrected chi connectivity index (χ1v) is 6.54. The van der Waals surface area contributed by atoms with Crippen LogP contribution < -0.4 is 0 Å². The molecule has 0 saturated heterocycles. The molecule has 0 heterocycles. The Morgan fingerprint density at radius 2 is 2.07 bits per heavy atom. The molecule has 0 rings (SSSR count). The predicted molar refractivity (Wildman–Crippen MR) is 56.0 cm³/mol. The largest absolute Gasteiger partial charge is 0.466 e. The van der Waals surface area contributed by atoms with Crippen molar-refractivity contribution >= 4 is 14.0 Å². The van der Waals surface area contributed by atoms with E-state index in [0.29, 0.717) is 19.4 Å². The molecule has 0 aromatic rings. The van der Waals surface area contributed by atoms with E-state index in [-0.39, 0.29) is 12.4 Å². The van der Waals surface area contributed by atoms with E-state index < -0.39 is 8.03 Å². The standard InChI is InChI=1S/C9H19O4P/c1-3-5-7-13-14(11)8-6-9(10)12-4-2/h14H,3-8H2,1-2H3. The van der Waals surface area contributed by atoms with Crippen molar-refractivity contribution in [1.82, 2.24) is 0 Å².